The minimum absolute atomic E-state index is 0.0804. The molecule has 0 saturated carbocycles. The second-order valence-electron chi connectivity index (χ2n) is 3.45. The molecule has 0 aliphatic carbocycles. The van der Waals surface area contributed by atoms with Gasteiger partial charge in [-0.15, -0.1) is 0 Å². The Morgan fingerprint density at radius 2 is 2.38 bits per heavy atom. The molecule has 2 rings (SSSR count). The Balaban J connectivity index is 2.30. The number of benzene rings is 1. The van der Waals surface area contributed by atoms with Crippen molar-refractivity contribution >= 4 is 0 Å². The van der Waals surface area contributed by atoms with Crippen molar-refractivity contribution in [3.05, 3.63) is 35.9 Å². The van der Waals surface area contributed by atoms with Crippen LogP contribution < -0.4 is 4.74 Å². The molecule has 1 heterocycles. The molecule has 0 unspecified atom stereocenters. The summed E-state index contributed by atoms with van der Waals surface area (Å²) in [5, 5.41) is 9.22. The molecular weight excluding hydrogens is 164 g/mol. The van der Waals surface area contributed by atoms with Gasteiger partial charge >= 0.3 is 0 Å². The van der Waals surface area contributed by atoms with Gasteiger partial charge < -0.3 is 9.84 Å². The zero-order valence-electron chi connectivity index (χ0n) is 7.58. The molecule has 0 bridgehead atoms. The summed E-state index contributed by atoms with van der Waals surface area (Å²) in [4.78, 5) is 0. The average molecular weight is 176 g/mol. The first-order valence-corrected chi connectivity index (χ1v) is 4.31. The van der Waals surface area contributed by atoms with Crippen molar-refractivity contribution in [3.63, 3.8) is 0 Å². The lowest BCUT2D eigenvalue weighted by Crippen LogP contribution is -2.13. The molecule has 2 heteroatoms. The van der Waals surface area contributed by atoms with Crippen molar-refractivity contribution in [2.24, 2.45) is 0 Å². The number of ether oxygens (including phenoxy) is 1. The van der Waals surface area contributed by atoms with Gasteiger partial charge in [0.1, 0.15) is 17.6 Å². The van der Waals surface area contributed by atoms with E-state index in [1.165, 1.54) is 0 Å². The lowest BCUT2D eigenvalue weighted by atomic mass is 10.1. The summed E-state index contributed by atoms with van der Waals surface area (Å²) in [7, 11) is 0. The van der Waals surface area contributed by atoms with E-state index in [2.05, 4.69) is 6.58 Å². The molecule has 1 aliphatic heterocycles. The van der Waals surface area contributed by atoms with Crippen molar-refractivity contribution in [3.8, 4) is 11.5 Å². The Morgan fingerprint density at radius 3 is 3.08 bits per heavy atom. The van der Waals surface area contributed by atoms with Gasteiger partial charge in [0.2, 0.25) is 0 Å². The maximum atomic E-state index is 9.22. The fraction of sp³-hybridized carbons (Fsp3) is 0.273. The van der Waals surface area contributed by atoms with E-state index < -0.39 is 0 Å². The highest BCUT2D eigenvalue weighted by Gasteiger charge is 2.23. The first-order valence-electron chi connectivity index (χ1n) is 4.31. The fourth-order valence-electron chi connectivity index (χ4n) is 1.49. The Labute approximate surface area is 77.5 Å². The smallest absolute Gasteiger partial charge is 0.127 e. The zero-order valence-corrected chi connectivity index (χ0v) is 7.58. The largest absolute Gasteiger partial charge is 0.508 e. The van der Waals surface area contributed by atoms with Crippen LogP contribution >= 0.6 is 0 Å². The summed E-state index contributed by atoms with van der Waals surface area (Å²) in [6.45, 7) is 5.81. The van der Waals surface area contributed by atoms with Gasteiger partial charge in [-0.2, -0.15) is 0 Å². The van der Waals surface area contributed by atoms with Crippen molar-refractivity contribution in [2.75, 3.05) is 0 Å². The Bertz CT molecular complexity index is 355. The van der Waals surface area contributed by atoms with Gasteiger partial charge in [-0.1, -0.05) is 12.6 Å². The minimum Gasteiger partial charge on any atom is -0.508 e. The van der Waals surface area contributed by atoms with Crippen LogP contribution in [0.2, 0.25) is 0 Å². The SMILES string of the molecule is C=C(C)[C@H]1Cc2ccc(O)cc2O1. The molecule has 1 aromatic carbocycles. The highest BCUT2D eigenvalue weighted by atomic mass is 16.5. The first-order chi connectivity index (χ1) is 6.16. The number of phenolic OH excluding ortho intramolecular Hbond substituents is 1. The molecular formula is C11H12O2. The Kier molecular flexibility index (Phi) is 1.76. The normalized spacial score (nSPS) is 19.3. The van der Waals surface area contributed by atoms with Crippen LogP contribution in [0, 0.1) is 0 Å². The minimum atomic E-state index is 0.0804. The predicted octanol–water partition coefficient (Wildman–Crippen LogP) is 2.27. The summed E-state index contributed by atoms with van der Waals surface area (Å²) >= 11 is 0. The van der Waals surface area contributed by atoms with Gasteiger partial charge in [-0.3, -0.25) is 0 Å². The quantitative estimate of drug-likeness (QED) is 0.665. The average Bonchev–Trinajstić information content (AvgIpc) is 2.46. The number of fused-ring (bicyclic) bond motifs is 1. The van der Waals surface area contributed by atoms with Crippen LogP contribution in [0.5, 0.6) is 11.5 Å². The van der Waals surface area contributed by atoms with E-state index in [0.29, 0.717) is 0 Å². The number of hydrogen-bond acceptors (Lipinski definition) is 2. The van der Waals surface area contributed by atoms with Gasteiger partial charge in [0.05, 0.1) is 0 Å². The molecule has 0 fully saturated rings. The van der Waals surface area contributed by atoms with Crippen LogP contribution in [0.4, 0.5) is 0 Å². The van der Waals surface area contributed by atoms with E-state index in [0.717, 1.165) is 23.3 Å². The summed E-state index contributed by atoms with van der Waals surface area (Å²) in [5.74, 6) is 1.04. The number of phenols is 1. The van der Waals surface area contributed by atoms with E-state index in [9.17, 15) is 5.11 Å². The van der Waals surface area contributed by atoms with E-state index in [-0.39, 0.29) is 11.9 Å². The summed E-state index contributed by atoms with van der Waals surface area (Å²) in [6.07, 6.45) is 0.946. The third-order valence-corrected chi connectivity index (χ3v) is 2.27. The number of aromatic hydroxyl groups is 1. The third kappa shape index (κ3) is 1.39. The van der Waals surface area contributed by atoms with Crippen LogP contribution in [0.3, 0.4) is 0 Å². The van der Waals surface area contributed by atoms with E-state index in [1.54, 1.807) is 12.1 Å². The molecule has 2 nitrogen and oxygen atoms in total. The van der Waals surface area contributed by atoms with Crippen LogP contribution in [-0.2, 0) is 6.42 Å². The zero-order chi connectivity index (χ0) is 9.42. The third-order valence-electron chi connectivity index (χ3n) is 2.27. The van der Waals surface area contributed by atoms with Crippen molar-refractivity contribution in [1.29, 1.82) is 0 Å². The van der Waals surface area contributed by atoms with Crippen LogP contribution in [-0.4, -0.2) is 11.2 Å². The van der Waals surface area contributed by atoms with Crippen molar-refractivity contribution in [2.45, 2.75) is 19.4 Å². The molecule has 1 aliphatic rings. The second kappa shape index (κ2) is 2.80. The van der Waals surface area contributed by atoms with Crippen LogP contribution in [0.1, 0.15) is 12.5 Å². The Morgan fingerprint density at radius 1 is 1.62 bits per heavy atom. The second-order valence-corrected chi connectivity index (χ2v) is 3.45. The van der Waals surface area contributed by atoms with Gasteiger partial charge in [0, 0.05) is 12.5 Å². The summed E-state index contributed by atoms with van der Waals surface area (Å²) < 4.78 is 5.59. The highest BCUT2D eigenvalue weighted by molar-refractivity contribution is 5.44. The lowest BCUT2D eigenvalue weighted by Gasteiger charge is -2.08. The molecule has 0 aromatic heterocycles. The van der Waals surface area contributed by atoms with Crippen LogP contribution in [0.15, 0.2) is 30.4 Å². The molecule has 0 saturated heterocycles. The molecule has 0 spiro atoms. The standard InChI is InChI=1S/C11H12O2/c1-7(2)10-5-8-3-4-9(12)6-11(8)13-10/h3-4,6,10,12H,1,5H2,2H3/t10-/m1/s1. The fourth-order valence-corrected chi connectivity index (χ4v) is 1.49. The maximum absolute atomic E-state index is 9.22. The number of rotatable bonds is 1. The molecule has 68 valence electrons. The topological polar surface area (TPSA) is 29.5 Å². The summed E-state index contributed by atoms with van der Waals surface area (Å²) in [5.41, 5.74) is 2.17. The molecule has 1 aromatic rings. The first kappa shape index (κ1) is 8.17. The molecule has 1 atom stereocenters. The van der Waals surface area contributed by atoms with Gasteiger partial charge in [-0.25, -0.2) is 0 Å². The van der Waals surface area contributed by atoms with Crippen molar-refractivity contribution < 1.29 is 9.84 Å². The summed E-state index contributed by atoms with van der Waals surface area (Å²) in [6, 6.07) is 5.23. The van der Waals surface area contributed by atoms with Gasteiger partial charge in [0.25, 0.3) is 0 Å². The lowest BCUT2D eigenvalue weighted by molar-refractivity contribution is 0.270. The highest BCUT2D eigenvalue weighted by Crippen LogP contribution is 2.33. The maximum Gasteiger partial charge on any atom is 0.127 e. The Hall–Kier alpha value is -1.44. The van der Waals surface area contributed by atoms with E-state index in [1.807, 2.05) is 13.0 Å². The number of hydrogen-bond donors (Lipinski definition) is 1. The molecule has 13 heavy (non-hydrogen) atoms. The monoisotopic (exact) mass is 176 g/mol. The predicted molar refractivity (Wildman–Crippen MR) is 51.0 cm³/mol. The molecule has 0 radical (unpaired) electrons. The van der Waals surface area contributed by atoms with E-state index in [4.69, 9.17) is 4.74 Å². The van der Waals surface area contributed by atoms with E-state index >= 15 is 0 Å². The molecule has 1 N–H and O–H groups in total. The van der Waals surface area contributed by atoms with Gasteiger partial charge in [-0.05, 0) is 24.1 Å². The van der Waals surface area contributed by atoms with Gasteiger partial charge in [0.15, 0.2) is 0 Å². The van der Waals surface area contributed by atoms with Crippen LogP contribution in [0.25, 0.3) is 0 Å². The molecule has 0 amide bonds. The van der Waals surface area contributed by atoms with Crippen molar-refractivity contribution in [1.82, 2.24) is 0 Å².